The number of ether oxygens (including phenoxy) is 2. The summed E-state index contributed by atoms with van der Waals surface area (Å²) in [6.45, 7) is 4.97. The summed E-state index contributed by atoms with van der Waals surface area (Å²) in [5.74, 6) is 0.930. The summed E-state index contributed by atoms with van der Waals surface area (Å²) in [5, 5.41) is 0. The van der Waals surface area contributed by atoms with Crippen molar-refractivity contribution in [1.82, 2.24) is 4.90 Å². The van der Waals surface area contributed by atoms with Crippen LogP contribution in [-0.4, -0.2) is 46.6 Å². The van der Waals surface area contributed by atoms with Gasteiger partial charge in [-0.2, -0.15) is 8.42 Å². The molecule has 0 aliphatic carbocycles. The molecule has 0 aliphatic rings. The van der Waals surface area contributed by atoms with Gasteiger partial charge < -0.3 is 18.6 Å². The second kappa shape index (κ2) is 11.0. The number of amides is 1. The fourth-order valence-corrected chi connectivity index (χ4v) is 3.77. The number of nitrogens with zero attached hydrogens (tertiary/aromatic N) is 1. The maximum atomic E-state index is 12.7. The highest BCUT2D eigenvalue weighted by molar-refractivity contribution is 7.87. The normalized spacial score (nSPS) is 11.4. The van der Waals surface area contributed by atoms with Crippen molar-refractivity contribution in [3.8, 4) is 11.5 Å². The van der Waals surface area contributed by atoms with Crippen molar-refractivity contribution >= 4 is 16.0 Å². The average Bonchev–Trinajstić information content (AvgIpc) is 2.71. The lowest BCUT2D eigenvalue weighted by molar-refractivity contribution is -0.133. The first kappa shape index (κ1) is 23.7. The van der Waals surface area contributed by atoms with E-state index in [4.69, 9.17) is 13.7 Å². The summed E-state index contributed by atoms with van der Waals surface area (Å²) >= 11 is 0. The molecule has 2 aromatic carbocycles. The van der Waals surface area contributed by atoms with E-state index in [1.54, 1.807) is 48.4 Å². The van der Waals surface area contributed by atoms with Gasteiger partial charge in [-0.3, -0.25) is 4.79 Å². The van der Waals surface area contributed by atoms with Gasteiger partial charge in [0.2, 0.25) is 5.91 Å². The Hall–Kier alpha value is -2.58. The van der Waals surface area contributed by atoms with Gasteiger partial charge in [0.1, 0.15) is 16.4 Å². The molecule has 8 heteroatoms. The van der Waals surface area contributed by atoms with Crippen LogP contribution in [0.1, 0.15) is 25.8 Å². The lowest BCUT2D eigenvalue weighted by Gasteiger charge is -2.24. The fourth-order valence-electron chi connectivity index (χ4n) is 2.80. The molecule has 1 amide bonds. The Bertz CT molecular complexity index is 925. The SMILES string of the molecule is COCCN(Cc1ccccc1OS(=O)(=O)c1ccc(OC)cc1)C(=O)CC(C)C. The Morgan fingerprint density at radius 2 is 1.70 bits per heavy atom. The fraction of sp³-hybridized carbons (Fsp3) is 0.409. The molecule has 0 aliphatic heterocycles. The molecule has 164 valence electrons. The van der Waals surface area contributed by atoms with Gasteiger partial charge in [0.15, 0.2) is 0 Å². The monoisotopic (exact) mass is 435 g/mol. The molecule has 30 heavy (non-hydrogen) atoms. The van der Waals surface area contributed by atoms with Crippen LogP contribution in [0.15, 0.2) is 53.4 Å². The third kappa shape index (κ3) is 6.74. The van der Waals surface area contributed by atoms with E-state index in [-0.39, 0.29) is 29.0 Å². The molecule has 0 atom stereocenters. The van der Waals surface area contributed by atoms with E-state index in [1.165, 1.54) is 19.2 Å². The topological polar surface area (TPSA) is 82.1 Å². The zero-order valence-corrected chi connectivity index (χ0v) is 18.6. The van der Waals surface area contributed by atoms with E-state index in [0.29, 0.717) is 30.9 Å². The molecular formula is C22H29NO6S. The number of hydrogen-bond acceptors (Lipinski definition) is 6. The third-order valence-corrected chi connectivity index (χ3v) is 5.63. The summed E-state index contributed by atoms with van der Waals surface area (Å²) < 4.78 is 41.1. The Labute approximate surface area is 178 Å². The van der Waals surface area contributed by atoms with Gasteiger partial charge >= 0.3 is 10.1 Å². The van der Waals surface area contributed by atoms with E-state index in [1.807, 2.05) is 13.8 Å². The Balaban J connectivity index is 2.25. The summed E-state index contributed by atoms with van der Waals surface area (Å²) in [4.78, 5) is 14.3. The standard InChI is InChI=1S/C22H29NO6S/c1-17(2)15-22(24)23(13-14-27-3)16-18-7-5-6-8-21(18)29-30(25,26)20-11-9-19(28-4)10-12-20/h5-12,17H,13-16H2,1-4H3. The highest BCUT2D eigenvalue weighted by Crippen LogP contribution is 2.25. The minimum Gasteiger partial charge on any atom is -0.497 e. The predicted molar refractivity (Wildman–Crippen MR) is 114 cm³/mol. The molecule has 0 unspecified atom stereocenters. The molecule has 7 nitrogen and oxygen atoms in total. The van der Waals surface area contributed by atoms with Gasteiger partial charge in [0.25, 0.3) is 0 Å². The van der Waals surface area contributed by atoms with Crippen LogP contribution in [0.2, 0.25) is 0 Å². The van der Waals surface area contributed by atoms with Crippen LogP contribution in [0.3, 0.4) is 0 Å². The number of para-hydroxylation sites is 1. The van der Waals surface area contributed by atoms with Crippen molar-refractivity contribution in [1.29, 1.82) is 0 Å². The number of carbonyl (C=O) groups is 1. The van der Waals surface area contributed by atoms with E-state index in [0.717, 1.165) is 0 Å². The summed E-state index contributed by atoms with van der Waals surface area (Å²) in [6, 6.07) is 12.8. The lowest BCUT2D eigenvalue weighted by atomic mass is 10.1. The molecule has 2 aromatic rings. The van der Waals surface area contributed by atoms with Crippen LogP contribution in [0.25, 0.3) is 0 Å². The van der Waals surface area contributed by atoms with Gasteiger partial charge in [-0.1, -0.05) is 32.0 Å². The van der Waals surface area contributed by atoms with E-state index in [9.17, 15) is 13.2 Å². The number of benzene rings is 2. The molecule has 0 saturated carbocycles. The number of methoxy groups -OCH3 is 2. The van der Waals surface area contributed by atoms with Gasteiger partial charge in [-0.15, -0.1) is 0 Å². The highest BCUT2D eigenvalue weighted by atomic mass is 32.2. The molecule has 0 spiro atoms. The minimum absolute atomic E-state index is 0.0186. The maximum Gasteiger partial charge on any atom is 0.339 e. The molecule has 0 aromatic heterocycles. The van der Waals surface area contributed by atoms with Crippen LogP contribution in [0, 0.1) is 5.92 Å². The third-order valence-electron chi connectivity index (χ3n) is 4.38. The number of rotatable bonds is 11. The van der Waals surface area contributed by atoms with Crippen molar-refractivity contribution in [2.45, 2.75) is 31.7 Å². The van der Waals surface area contributed by atoms with Crippen LogP contribution in [0.5, 0.6) is 11.5 Å². The first-order chi connectivity index (χ1) is 14.3. The van der Waals surface area contributed by atoms with Crippen molar-refractivity contribution < 1.29 is 26.9 Å². The van der Waals surface area contributed by atoms with Crippen LogP contribution >= 0.6 is 0 Å². The second-order valence-electron chi connectivity index (χ2n) is 7.23. The lowest BCUT2D eigenvalue weighted by Crippen LogP contribution is -2.34. The smallest absolute Gasteiger partial charge is 0.339 e. The van der Waals surface area contributed by atoms with Crippen molar-refractivity contribution in [2.24, 2.45) is 5.92 Å². The molecule has 0 fully saturated rings. The molecule has 0 heterocycles. The molecule has 2 rings (SSSR count). The van der Waals surface area contributed by atoms with Crippen LogP contribution in [0.4, 0.5) is 0 Å². The Morgan fingerprint density at radius 1 is 1.03 bits per heavy atom. The number of carbonyl (C=O) groups excluding carboxylic acids is 1. The zero-order valence-electron chi connectivity index (χ0n) is 17.8. The van der Waals surface area contributed by atoms with Gasteiger partial charge in [-0.25, -0.2) is 0 Å². The van der Waals surface area contributed by atoms with Crippen molar-refractivity contribution in [3.63, 3.8) is 0 Å². The highest BCUT2D eigenvalue weighted by Gasteiger charge is 2.21. The van der Waals surface area contributed by atoms with Crippen LogP contribution in [-0.2, 0) is 26.2 Å². The van der Waals surface area contributed by atoms with E-state index in [2.05, 4.69) is 0 Å². The first-order valence-corrected chi connectivity index (χ1v) is 11.1. The molecule has 0 radical (unpaired) electrons. The second-order valence-corrected chi connectivity index (χ2v) is 8.77. The first-order valence-electron chi connectivity index (χ1n) is 9.70. The van der Waals surface area contributed by atoms with Crippen molar-refractivity contribution in [3.05, 3.63) is 54.1 Å². The molecule has 0 N–H and O–H groups in total. The molecule has 0 bridgehead atoms. The van der Waals surface area contributed by atoms with Gasteiger partial charge in [-0.05, 0) is 36.2 Å². The van der Waals surface area contributed by atoms with E-state index >= 15 is 0 Å². The Morgan fingerprint density at radius 3 is 2.30 bits per heavy atom. The van der Waals surface area contributed by atoms with Gasteiger partial charge in [0.05, 0.1) is 13.7 Å². The molecular weight excluding hydrogens is 406 g/mol. The average molecular weight is 436 g/mol. The quantitative estimate of drug-likeness (QED) is 0.503. The summed E-state index contributed by atoms with van der Waals surface area (Å²) in [5.41, 5.74) is 0.600. The Kier molecular flexibility index (Phi) is 8.68. The summed E-state index contributed by atoms with van der Waals surface area (Å²) in [6.07, 6.45) is 0.400. The van der Waals surface area contributed by atoms with Crippen molar-refractivity contribution in [2.75, 3.05) is 27.4 Å². The maximum absolute atomic E-state index is 12.7. The van der Waals surface area contributed by atoms with Gasteiger partial charge in [0, 0.05) is 32.2 Å². The molecule has 0 saturated heterocycles. The zero-order chi connectivity index (χ0) is 22.1. The predicted octanol–water partition coefficient (Wildman–Crippen LogP) is 3.48. The largest absolute Gasteiger partial charge is 0.497 e. The summed E-state index contributed by atoms with van der Waals surface area (Å²) in [7, 11) is -0.957. The number of hydrogen-bond donors (Lipinski definition) is 0. The van der Waals surface area contributed by atoms with E-state index < -0.39 is 10.1 Å². The van der Waals surface area contributed by atoms with Crippen LogP contribution < -0.4 is 8.92 Å². The minimum atomic E-state index is -4.04.